The van der Waals surface area contributed by atoms with Crippen LogP contribution in [0.25, 0.3) is 0 Å². The number of hydrogen-bond donors (Lipinski definition) is 0. The molecule has 0 saturated heterocycles. The maximum absolute atomic E-state index is 3.38. The molecule has 0 unspecified atom stereocenters. The first-order chi connectivity index (χ1) is 3.41. The number of rotatable bonds is 2. The Hall–Kier alpha value is -0.610. The van der Waals surface area contributed by atoms with Gasteiger partial charge in [-0.25, -0.2) is 0 Å². The highest BCUT2D eigenvalue weighted by atomic mass is 32.2. The second-order valence-corrected chi connectivity index (χ2v) is 1.63. The lowest BCUT2D eigenvalue weighted by molar-refractivity contribution is 2.38. The fraction of sp³-hybridized carbons (Fsp3) is 0. The average molecular weight is 111 g/mol. The summed E-state index contributed by atoms with van der Waals surface area (Å²) in [5, 5.41) is 3.58. The van der Waals surface area contributed by atoms with Crippen LogP contribution in [0, 0.1) is 0 Å². The van der Waals surface area contributed by atoms with Crippen LogP contribution >= 0.6 is 0 Å². The summed E-state index contributed by atoms with van der Waals surface area (Å²) in [4.78, 5) is 0. The van der Waals surface area contributed by atoms with Gasteiger partial charge in [0.25, 0.3) is 0 Å². The molecule has 36 valence electrons. The third kappa shape index (κ3) is 5.39. The van der Waals surface area contributed by atoms with E-state index in [2.05, 4.69) is 24.6 Å². The largest absolute Gasteiger partial charge is 0.164 e. The Morgan fingerprint density at radius 1 is 1.14 bits per heavy atom. The van der Waals surface area contributed by atoms with E-state index in [0.29, 0.717) is 0 Å². The Labute approximate surface area is 47.9 Å². The lowest BCUT2D eigenvalue weighted by atomic mass is 11.0. The molecular weight excluding hydrogens is 104 g/mol. The van der Waals surface area contributed by atoms with Crippen molar-refractivity contribution in [3.05, 3.63) is 35.4 Å². The van der Waals surface area contributed by atoms with Gasteiger partial charge in [0.1, 0.15) is 0 Å². The van der Waals surface area contributed by atoms with Crippen LogP contribution in [0.5, 0.6) is 0 Å². The second-order valence-electron chi connectivity index (χ2n) is 0.816. The van der Waals surface area contributed by atoms with E-state index in [1.807, 2.05) is 0 Å². The summed E-state index contributed by atoms with van der Waals surface area (Å²) < 4.78 is 0. The maximum Gasteiger partial charge on any atom is 0.164 e. The molecule has 0 aromatic heterocycles. The molecule has 0 amide bonds. The summed E-state index contributed by atoms with van der Waals surface area (Å²) in [6.07, 6.45) is 0. The molecule has 0 spiro atoms. The van der Waals surface area contributed by atoms with Crippen LogP contribution in [0.3, 0.4) is 0 Å². The van der Waals surface area contributed by atoms with Crippen LogP contribution in [0.4, 0.5) is 0 Å². The highest BCUT2D eigenvalue weighted by Crippen LogP contribution is 1.72. The maximum atomic E-state index is 3.38. The van der Waals surface area contributed by atoms with Crippen LogP contribution < -0.4 is 0 Å². The molecule has 1 heteroatoms. The monoisotopic (exact) mass is 111 g/mol. The Bertz CT molecular complexity index is 107. The van der Waals surface area contributed by atoms with Gasteiger partial charge in [-0.15, -0.1) is 0 Å². The van der Waals surface area contributed by atoms with Gasteiger partial charge in [-0.1, -0.05) is 24.6 Å². The first-order valence-corrected chi connectivity index (χ1v) is 2.83. The standard InChI is InChI=1S/C6H6S/c1-3-5-7-6-4-2/h5-6H,1-2H2/p+1. The molecule has 0 bridgehead atoms. The highest BCUT2D eigenvalue weighted by Gasteiger charge is 1.71. The van der Waals surface area contributed by atoms with E-state index in [4.69, 9.17) is 0 Å². The van der Waals surface area contributed by atoms with E-state index >= 15 is 0 Å². The Balaban J connectivity index is 3.33. The molecule has 0 aliphatic heterocycles. The first kappa shape index (κ1) is 6.39. The van der Waals surface area contributed by atoms with E-state index < -0.39 is 0 Å². The molecule has 0 nitrogen and oxygen atoms in total. The van der Waals surface area contributed by atoms with Crippen LogP contribution in [0.2, 0.25) is 0 Å². The Kier molecular flexibility index (Phi) is 4.92. The van der Waals surface area contributed by atoms with Crippen molar-refractivity contribution in [2.45, 2.75) is 0 Å². The molecule has 0 aliphatic rings. The smallest absolute Gasteiger partial charge is 0.0773 e. The van der Waals surface area contributed by atoms with Gasteiger partial charge < -0.3 is 0 Å². The molecule has 7 heavy (non-hydrogen) atoms. The zero-order valence-electron chi connectivity index (χ0n) is 4.02. The van der Waals surface area contributed by atoms with Crippen molar-refractivity contribution in [3.63, 3.8) is 0 Å². The fourth-order valence-electron chi connectivity index (χ4n) is 0.143. The van der Waals surface area contributed by atoms with Crippen LogP contribution in [0.15, 0.2) is 35.4 Å². The summed E-state index contributed by atoms with van der Waals surface area (Å²) >= 11 is 1.05. The fourth-order valence-corrected chi connectivity index (χ4v) is 0.428. The van der Waals surface area contributed by atoms with E-state index in [0.717, 1.165) is 11.8 Å². The Morgan fingerprint density at radius 2 is 1.57 bits per heavy atom. The van der Waals surface area contributed by atoms with Gasteiger partial charge >= 0.3 is 0 Å². The Morgan fingerprint density at radius 3 is 1.86 bits per heavy atom. The zero-order valence-corrected chi connectivity index (χ0v) is 4.91. The van der Waals surface area contributed by atoms with E-state index in [9.17, 15) is 0 Å². The van der Waals surface area contributed by atoms with E-state index in [-0.39, 0.29) is 0 Å². The molecule has 0 aromatic rings. The minimum atomic E-state index is 1.05. The third-order valence-corrected chi connectivity index (χ3v) is 0.995. The third-order valence-electron chi connectivity index (χ3n) is 0.332. The molecule has 0 aliphatic carbocycles. The van der Waals surface area contributed by atoms with Gasteiger partial charge in [-0.2, -0.15) is 0 Å². The molecule has 0 radical (unpaired) electrons. The van der Waals surface area contributed by atoms with E-state index in [1.54, 1.807) is 10.8 Å². The first-order valence-electron chi connectivity index (χ1n) is 1.80. The van der Waals surface area contributed by atoms with Gasteiger partial charge in [-0.3, -0.25) is 0 Å². The van der Waals surface area contributed by atoms with Crippen molar-refractivity contribution in [1.29, 1.82) is 0 Å². The summed E-state index contributed by atoms with van der Waals surface area (Å²) in [5.74, 6) is 0. The quantitative estimate of drug-likeness (QED) is 0.287. The van der Waals surface area contributed by atoms with Crippen molar-refractivity contribution in [1.82, 2.24) is 0 Å². The van der Waals surface area contributed by atoms with Crippen molar-refractivity contribution in [3.8, 4) is 0 Å². The van der Waals surface area contributed by atoms with Crippen LogP contribution in [-0.2, 0) is 11.8 Å². The van der Waals surface area contributed by atoms with Gasteiger partial charge in [0.15, 0.2) is 10.8 Å². The summed E-state index contributed by atoms with van der Waals surface area (Å²) in [5.41, 5.74) is 5.23. The minimum Gasteiger partial charge on any atom is -0.0773 e. The number of thiol groups is 1. The highest BCUT2D eigenvalue weighted by molar-refractivity contribution is 7.84. The molecule has 0 aromatic carbocycles. The lowest BCUT2D eigenvalue weighted by Gasteiger charge is -1.54. The normalized spacial score (nSPS) is 5.71. The SMILES string of the molecule is C=C=C[SH+]C=C=C. The van der Waals surface area contributed by atoms with Gasteiger partial charge in [0.2, 0.25) is 0 Å². The van der Waals surface area contributed by atoms with E-state index in [1.165, 1.54) is 0 Å². The van der Waals surface area contributed by atoms with Crippen LogP contribution in [-0.4, -0.2) is 0 Å². The predicted molar refractivity (Wildman–Crippen MR) is 36.2 cm³/mol. The molecule has 0 N–H and O–H groups in total. The lowest BCUT2D eigenvalue weighted by Crippen LogP contribution is -1.52. The summed E-state index contributed by atoms with van der Waals surface area (Å²) in [6, 6.07) is 0. The molecule has 0 atom stereocenters. The molecule has 0 heterocycles. The molecule has 0 rings (SSSR count). The van der Waals surface area contributed by atoms with Crippen molar-refractivity contribution in [2.75, 3.05) is 0 Å². The minimum absolute atomic E-state index is 1.05. The average Bonchev–Trinajstić information content (AvgIpc) is 1.69. The van der Waals surface area contributed by atoms with Crippen molar-refractivity contribution < 1.29 is 0 Å². The molecule has 0 fully saturated rings. The van der Waals surface area contributed by atoms with Gasteiger partial charge in [0, 0.05) is 11.8 Å². The topological polar surface area (TPSA) is 0 Å². The van der Waals surface area contributed by atoms with Gasteiger partial charge in [0.05, 0.1) is 0 Å². The summed E-state index contributed by atoms with van der Waals surface area (Å²) in [6.45, 7) is 6.75. The van der Waals surface area contributed by atoms with Gasteiger partial charge in [-0.05, 0) is 0 Å². The predicted octanol–water partition coefficient (Wildman–Crippen LogP) is 1.40. The zero-order chi connectivity index (χ0) is 5.54. The summed E-state index contributed by atoms with van der Waals surface area (Å²) in [7, 11) is 0. The number of hydrogen-bond acceptors (Lipinski definition) is 0. The molecule has 0 saturated carbocycles. The van der Waals surface area contributed by atoms with Crippen LogP contribution in [0.1, 0.15) is 0 Å². The van der Waals surface area contributed by atoms with Crippen molar-refractivity contribution in [2.24, 2.45) is 0 Å². The molecular formula is C6H7S+. The second kappa shape index (κ2) is 5.39. The van der Waals surface area contributed by atoms with Crippen molar-refractivity contribution >= 4 is 11.8 Å².